The number of amides is 1. The van der Waals surface area contributed by atoms with Gasteiger partial charge in [-0.2, -0.15) is 0 Å². The highest BCUT2D eigenvalue weighted by molar-refractivity contribution is 6.51. The lowest BCUT2D eigenvalue weighted by Crippen LogP contribution is -2.29. The Labute approximate surface area is 233 Å². The van der Waals surface area contributed by atoms with Gasteiger partial charge in [0.2, 0.25) is 0 Å². The number of rotatable bonds is 7. The van der Waals surface area contributed by atoms with E-state index in [1.165, 1.54) is 17.0 Å². The van der Waals surface area contributed by atoms with E-state index in [0.717, 1.165) is 16.7 Å². The van der Waals surface area contributed by atoms with Gasteiger partial charge in [0.05, 0.1) is 11.6 Å². The third-order valence-electron chi connectivity index (χ3n) is 7.18. The third-order valence-corrected chi connectivity index (χ3v) is 7.18. The number of carbonyl (C=O) groups is 2. The van der Waals surface area contributed by atoms with Crippen LogP contribution in [-0.4, -0.2) is 21.9 Å². The minimum Gasteiger partial charge on any atom is -0.508 e. The zero-order chi connectivity index (χ0) is 28.4. The number of nitrogens with zero attached hydrogens (tertiary/aromatic N) is 1. The van der Waals surface area contributed by atoms with E-state index < -0.39 is 17.7 Å². The number of aliphatic hydroxyl groups excluding tert-OH is 1. The largest absolute Gasteiger partial charge is 0.508 e. The number of benzene rings is 4. The molecule has 4 aromatic carbocycles. The van der Waals surface area contributed by atoms with Gasteiger partial charge >= 0.3 is 0 Å². The van der Waals surface area contributed by atoms with Crippen LogP contribution in [-0.2, 0) is 16.2 Å². The Hall–Kier alpha value is -4.84. The quantitative estimate of drug-likeness (QED) is 0.151. The molecular weight excluding hydrogens is 502 g/mol. The van der Waals surface area contributed by atoms with Crippen LogP contribution in [0.4, 0.5) is 5.69 Å². The molecule has 6 nitrogen and oxygen atoms in total. The van der Waals surface area contributed by atoms with Gasteiger partial charge in [-0.25, -0.2) is 0 Å². The lowest BCUT2D eigenvalue weighted by Gasteiger charge is -2.26. The summed E-state index contributed by atoms with van der Waals surface area (Å²) in [6, 6.07) is 27.9. The molecule has 1 saturated heterocycles. The average molecular weight is 534 g/mol. The summed E-state index contributed by atoms with van der Waals surface area (Å²) in [5.74, 6) is -0.748. The second kappa shape index (κ2) is 11.1. The van der Waals surface area contributed by atoms with Gasteiger partial charge in [-0.1, -0.05) is 68.4 Å². The molecule has 1 amide bonds. The molecule has 0 aromatic heterocycles. The van der Waals surface area contributed by atoms with Crippen LogP contribution >= 0.6 is 0 Å². The molecular formula is C34H31NO5. The molecule has 0 saturated carbocycles. The number of phenolic OH excluding ortho intramolecular Hbond substituents is 1. The van der Waals surface area contributed by atoms with Gasteiger partial charge < -0.3 is 14.9 Å². The second-order valence-electron chi connectivity index (χ2n) is 10.3. The van der Waals surface area contributed by atoms with E-state index in [-0.39, 0.29) is 17.1 Å². The number of aromatic hydroxyl groups is 1. The predicted octanol–water partition coefficient (Wildman–Crippen LogP) is 7.03. The fourth-order valence-corrected chi connectivity index (χ4v) is 4.94. The Morgan fingerprint density at radius 2 is 1.57 bits per heavy atom. The molecule has 0 radical (unpaired) electrons. The Morgan fingerprint density at radius 3 is 2.20 bits per heavy atom. The van der Waals surface area contributed by atoms with E-state index in [4.69, 9.17) is 4.74 Å². The first-order chi connectivity index (χ1) is 19.2. The molecule has 0 bridgehead atoms. The van der Waals surface area contributed by atoms with E-state index in [9.17, 15) is 19.8 Å². The van der Waals surface area contributed by atoms with Gasteiger partial charge in [-0.3, -0.25) is 14.5 Å². The molecule has 2 N–H and O–H groups in total. The number of hydrogen-bond donors (Lipinski definition) is 2. The molecule has 1 unspecified atom stereocenters. The van der Waals surface area contributed by atoms with E-state index in [2.05, 4.69) is 13.8 Å². The summed E-state index contributed by atoms with van der Waals surface area (Å²) in [5.41, 5.74) is 4.44. The fraction of sp³-hybridized carbons (Fsp3) is 0.176. The smallest absolute Gasteiger partial charge is 0.300 e. The maximum absolute atomic E-state index is 13.5. The maximum atomic E-state index is 13.5. The summed E-state index contributed by atoms with van der Waals surface area (Å²) in [4.78, 5) is 28.3. The highest BCUT2D eigenvalue weighted by atomic mass is 16.5. The highest BCUT2D eigenvalue weighted by Gasteiger charge is 2.47. The first kappa shape index (κ1) is 26.8. The summed E-state index contributed by atoms with van der Waals surface area (Å²) in [5, 5.41) is 21.4. The molecule has 202 valence electrons. The number of phenols is 1. The van der Waals surface area contributed by atoms with Crippen molar-refractivity contribution < 1.29 is 24.5 Å². The van der Waals surface area contributed by atoms with Crippen LogP contribution in [0.25, 0.3) is 5.76 Å². The molecule has 1 aliphatic heterocycles. The van der Waals surface area contributed by atoms with Crippen molar-refractivity contribution in [3.8, 4) is 11.5 Å². The Morgan fingerprint density at radius 1 is 0.900 bits per heavy atom. The van der Waals surface area contributed by atoms with Gasteiger partial charge in [0.15, 0.2) is 0 Å². The van der Waals surface area contributed by atoms with Crippen LogP contribution in [0.1, 0.15) is 53.6 Å². The number of anilines is 1. The van der Waals surface area contributed by atoms with E-state index in [1.807, 2.05) is 61.5 Å². The number of Topliss-reactive ketones (excluding diaryl/α,β-unsaturated/α-hetero) is 1. The lowest BCUT2D eigenvalue weighted by molar-refractivity contribution is -0.132. The molecule has 1 heterocycles. The van der Waals surface area contributed by atoms with Crippen molar-refractivity contribution in [2.75, 3.05) is 4.90 Å². The van der Waals surface area contributed by atoms with Gasteiger partial charge in [-0.15, -0.1) is 0 Å². The highest BCUT2D eigenvalue weighted by Crippen LogP contribution is 2.43. The molecule has 4 aromatic rings. The molecule has 6 heteroatoms. The zero-order valence-corrected chi connectivity index (χ0v) is 22.7. The molecule has 40 heavy (non-hydrogen) atoms. The first-order valence-corrected chi connectivity index (χ1v) is 13.2. The maximum Gasteiger partial charge on any atom is 0.300 e. The van der Waals surface area contributed by atoms with Gasteiger partial charge in [-0.05, 0) is 77.6 Å². The average Bonchev–Trinajstić information content (AvgIpc) is 3.22. The van der Waals surface area contributed by atoms with Crippen molar-refractivity contribution in [2.45, 2.75) is 39.3 Å². The summed E-state index contributed by atoms with van der Waals surface area (Å²) in [7, 11) is 0. The van der Waals surface area contributed by atoms with Crippen LogP contribution in [0.15, 0.2) is 103 Å². The summed E-state index contributed by atoms with van der Waals surface area (Å²) in [6.07, 6.45) is 0. The van der Waals surface area contributed by atoms with E-state index in [0.29, 0.717) is 35.1 Å². The molecule has 0 spiro atoms. The van der Waals surface area contributed by atoms with Crippen LogP contribution in [0.3, 0.4) is 0 Å². The Bertz CT molecular complexity index is 1570. The van der Waals surface area contributed by atoms with Crippen molar-refractivity contribution in [3.63, 3.8) is 0 Å². The van der Waals surface area contributed by atoms with Crippen molar-refractivity contribution in [1.29, 1.82) is 0 Å². The van der Waals surface area contributed by atoms with Gasteiger partial charge in [0.25, 0.3) is 11.7 Å². The van der Waals surface area contributed by atoms with E-state index in [1.54, 1.807) is 30.3 Å². The molecule has 1 aliphatic rings. The van der Waals surface area contributed by atoms with Gasteiger partial charge in [0.1, 0.15) is 23.9 Å². The SMILES string of the molecule is Cc1cc(/C(O)=C2/C(=O)C(=O)N(c3ccc(C(C)C)cc3)C2c2ccc(O)cc2)ccc1OCc1ccccc1. The number of hydrogen-bond acceptors (Lipinski definition) is 5. The fourth-order valence-electron chi connectivity index (χ4n) is 4.94. The number of aliphatic hydroxyl groups is 1. The van der Waals surface area contributed by atoms with E-state index >= 15 is 0 Å². The minimum atomic E-state index is -0.875. The molecule has 0 aliphatic carbocycles. The summed E-state index contributed by atoms with van der Waals surface area (Å²) < 4.78 is 5.97. The molecule has 1 atom stereocenters. The standard InChI is InChI=1S/C34H31NO5/c1-21(2)24-9-14-27(15-10-24)35-31(25-11-16-28(36)17-12-25)30(33(38)34(35)39)32(37)26-13-18-29(22(3)19-26)40-20-23-7-5-4-6-8-23/h4-19,21,31,36-37H,20H2,1-3H3/b32-30-. The van der Waals surface area contributed by atoms with Crippen LogP contribution < -0.4 is 9.64 Å². The molecule has 5 rings (SSSR count). The number of carbonyl (C=O) groups excluding carboxylic acids is 2. The lowest BCUT2D eigenvalue weighted by atomic mass is 9.94. The Balaban J connectivity index is 1.55. The summed E-state index contributed by atoms with van der Waals surface area (Å²) >= 11 is 0. The van der Waals surface area contributed by atoms with Gasteiger partial charge in [0, 0.05) is 11.3 Å². The third kappa shape index (κ3) is 5.21. The zero-order valence-electron chi connectivity index (χ0n) is 22.7. The Kier molecular flexibility index (Phi) is 7.43. The van der Waals surface area contributed by atoms with Crippen LogP contribution in [0.2, 0.25) is 0 Å². The number of ketones is 1. The monoisotopic (exact) mass is 533 g/mol. The predicted molar refractivity (Wildman–Crippen MR) is 155 cm³/mol. The van der Waals surface area contributed by atoms with Crippen molar-refractivity contribution >= 4 is 23.1 Å². The van der Waals surface area contributed by atoms with Crippen molar-refractivity contribution in [3.05, 3.63) is 130 Å². The van der Waals surface area contributed by atoms with Crippen molar-refractivity contribution in [2.24, 2.45) is 0 Å². The number of aryl methyl sites for hydroxylation is 1. The normalized spacial score (nSPS) is 16.5. The van der Waals surface area contributed by atoms with Crippen LogP contribution in [0.5, 0.6) is 11.5 Å². The van der Waals surface area contributed by atoms with Crippen molar-refractivity contribution in [1.82, 2.24) is 0 Å². The molecule has 1 fully saturated rings. The topological polar surface area (TPSA) is 87.1 Å². The number of ether oxygens (including phenoxy) is 1. The first-order valence-electron chi connectivity index (χ1n) is 13.2. The summed E-state index contributed by atoms with van der Waals surface area (Å²) in [6.45, 7) is 6.42. The van der Waals surface area contributed by atoms with Crippen LogP contribution in [0, 0.1) is 6.92 Å². The second-order valence-corrected chi connectivity index (χ2v) is 10.3. The minimum absolute atomic E-state index is 0.0130.